The van der Waals surface area contributed by atoms with Gasteiger partial charge in [0.25, 0.3) is 0 Å². The van der Waals surface area contributed by atoms with Crippen molar-refractivity contribution in [1.82, 2.24) is 5.32 Å². The number of aliphatic carboxylic acids is 1. The summed E-state index contributed by atoms with van der Waals surface area (Å²) in [6.07, 6.45) is 2.25. The Labute approximate surface area is 127 Å². The van der Waals surface area contributed by atoms with E-state index in [2.05, 4.69) is 5.32 Å². The van der Waals surface area contributed by atoms with Crippen LogP contribution in [0.4, 0.5) is 0 Å². The first-order chi connectivity index (χ1) is 9.99. The quantitative estimate of drug-likeness (QED) is 0.746. The number of carbonyl (C=O) groups is 2. The Kier molecular flexibility index (Phi) is 4.85. The van der Waals surface area contributed by atoms with Crippen molar-refractivity contribution in [3.8, 4) is 0 Å². The number of amides is 1. The van der Waals surface area contributed by atoms with Crippen LogP contribution < -0.4 is 5.32 Å². The number of carboxylic acid groups (broad SMARTS) is 1. The van der Waals surface area contributed by atoms with Crippen molar-refractivity contribution in [3.63, 3.8) is 0 Å². The highest BCUT2D eigenvalue weighted by Gasteiger charge is 2.46. The molecule has 1 aliphatic carbocycles. The zero-order chi connectivity index (χ0) is 15.5. The SMILES string of the molecule is O=C(O)[C@@H](CCO)NC(=O)C1(c2cccc(Cl)c2)CCC1. The molecule has 0 radical (unpaired) electrons. The minimum Gasteiger partial charge on any atom is -0.480 e. The van der Waals surface area contributed by atoms with Gasteiger partial charge in [-0.25, -0.2) is 4.79 Å². The fourth-order valence-corrected chi connectivity index (χ4v) is 2.84. The highest BCUT2D eigenvalue weighted by atomic mass is 35.5. The fraction of sp³-hybridized carbons (Fsp3) is 0.467. The molecule has 0 saturated heterocycles. The Morgan fingerprint density at radius 2 is 2.10 bits per heavy atom. The van der Waals surface area contributed by atoms with Gasteiger partial charge in [0.1, 0.15) is 6.04 Å². The number of aliphatic hydroxyl groups excluding tert-OH is 1. The summed E-state index contributed by atoms with van der Waals surface area (Å²) < 4.78 is 0. The first kappa shape index (κ1) is 15.8. The lowest BCUT2D eigenvalue weighted by Crippen LogP contribution is -2.54. The predicted octanol–water partition coefficient (Wildman–Crippen LogP) is 1.71. The minimum absolute atomic E-state index is 0.00724. The van der Waals surface area contributed by atoms with Crippen molar-refractivity contribution in [2.24, 2.45) is 0 Å². The molecule has 6 heteroatoms. The molecule has 3 N–H and O–H groups in total. The van der Waals surface area contributed by atoms with Crippen LogP contribution in [0.2, 0.25) is 5.02 Å². The maximum atomic E-state index is 12.5. The third-order valence-corrected chi connectivity index (χ3v) is 4.28. The Morgan fingerprint density at radius 1 is 1.38 bits per heavy atom. The Bertz CT molecular complexity index is 542. The first-order valence-corrected chi connectivity index (χ1v) is 7.28. The zero-order valence-electron chi connectivity index (χ0n) is 11.5. The Morgan fingerprint density at radius 3 is 2.57 bits per heavy atom. The summed E-state index contributed by atoms with van der Waals surface area (Å²) in [5.74, 6) is -1.45. The summed E-state index contributed by atoms with van der Waals surface area (Å²) in [5.41, 5.74) is 0.112. The standard InChI is InChI=1S/C15H18ClNO4/c16-11-4-1-3-10(9-11)15(6-2-7-15)14(21)17-12(5-8-18)13(19)20/h1,3-4,9,12,18H,2,5-8H2,(H,17,21)(H,19,20)/t12-/m1/s1. The summed E-state index contributed by atoms with van der Waals surface area (Å²) in [5, 5.41) is 21.1. The van der Waals surface area contributed by atoms with Crippen molar-refractivity contribution >= 4 is 23.5 Å². The van der Waals surface area contributed by atoms with E-state index in [0.29, 0.717) is 17.9 Å². The zero-order valence-corrected chi connectivity index (χ0v) is 12.3. The molecule has 0 heterocycles. The molecular weight excluding hydrogens is 294 g/mol. The van der Waals surface area contributed by atoms with E-state index in [1.54, 1.807) is 18.2 Å². The van der Waals surface area contributed by atoms with Crippen LogP contribution in [0.3, 0.4) is 0 Å². The number of hydrogen-bond donors (Lipinski definition) is 3. The van der Waals surface area contributed by atoms with Gasteiger partial charge in [0.2, 0.25) is 5.91 Å². The van der Waals surface area contributed by atoms with Crippen molar-refractivity contribution in [2.45, 2.75) is 37.1 Å². The van der Waals surface area contributed by atoms with E-state index in [1.165, 1.54) is 0 Å². The van der Waals surface area contributed by atoms with Gasteiger partial charge in [-0.2, -0.15) is 0 Å². The lowest BCUT2D eigenvalue weighted by atomic mass is 9.63. The molecule has 1 fully saturated rings. The Balaban J connectivity index is 2.20. The van der Waals surface area contributed by atoms with Gasteiger partial charge in [0.05, 0.1) is 5.41 Å². The second kappa shape index (κ2) is 6.45. The molecule has 5 nitrogen and oxygen atoms in total. The number of aliphatic hydroxyl groups is 1. The molecule has 0 spiro atoms. The van der Waals surface area contributed by atoms with Gasteiger partial charge in [-0.05, 0) is 30.5 Å². The highest BCUT2D eigenvalue weighted by Crippen LogP contribution is 2.44. The number of carboxylic acids is 1. The lowest BCUT2D eigenvalue weighted by Gasteiger charge is -2.41. The summed E-state index contributed by atoms with van der Waals surface area (Å²) in [6.45, 7) is -0.290. The smallest absolute Gasteiger partial charge is 0.326 e. The molecule has 0 aliphatic heterocycles. The molecule has 1 amide bonds. The van der Waals surface area contributed by atoms with Crippen LogP contribution in [0.25, 0.3) is 0 Å². The number of benzene rings is 1. The number of hydrogen-bond acceptors (Lipinski definition) is 3. The van der Waals surface area contributed by atoms with E-state index in [1.807, 2.05) is 6.07 Å². The van der Waals surface area contributed by atoms with E-state index in [0.717, 1.165) is 12.0 Å². The molecular formula is C15H18ClNO4. The van der Waals surface area contributed by atoms with Crippen LogP contribution in [-0.2, 0) is 15.0 Å². The fourth-order valence-electron chi connectivity index (χ4n) is 2.65. The number of halogens is 1. The highest BCUT2D eigenvalue weighted by molar-refractivity contribution is 6.30. The molecule has 0 bridgehead atoms. The third kappa shape index (κ3) is 3.19. The van der Waals surface area contributed by atoms with Gasteiger partial charge in [0, 0.05) is 18.1 Å². The molecule has 1 aromatic rings. The van der Waals surface area contributed by atoms with Crippen molar-refractivity contribution in [1.29, 1.82) is 0 Å². The van der Waals surface area contributed by atoms with Crippen LogP contribution in [0.1, 0.15) is 31.2 Å². The summed E-state index contributed by atoms with van der Waals surface area (Å²) in [7, 11) is 0. The molecule has 2 rings (SSSR count). The van der Waals surface area contributed by atoms with Gasteiger partial charge in [-0.1, -0.05) is 30.2 Å². The van der Waals surface area contributed by atoms with Crippen molar-refractivity contribution < 1.29 is 19.8 Å². The van der Waals surface area contributed by atoms with Gasteiger partial charge >= 0.3 is 5.97 Å². The van der Waals surface area contributed by atoms with E-state index >= 15 is 0 Å². The van der Waals surface area contributed by atoms with Crippen LogP contribution in [0.5, 0.6) is 0 Å². The van der Waals surface area contributed by atoms with E-state index in [9.17, 15) is 9.59 Å². The van der Waals surface area contributed by atoms with Crippen molar-refractivity contribution in [3.05, 3.63) is 34.9 Å². The molecule has 0 unspecified atom stereocenters. The van der Waals surface area contributed by atoms with Crippen LogP contribution >= 0.6 is 11.6 Å². The topological polar surface area (TPSA) is 86.6 Å². The van der Waals surface area contributed by atoms with Crippen LogP contribution in [-0.4, -0.2) is 34.7 Å². The third-order valence-electron chi connectivity index (χ3n) is 4.04. The van der Waals surface area contributed by atoms with Gasteiger partial charge in [-0.3, -0.25) is 4.79 Å². The molecule has 1 saturated carbocycles. The van der Waals surface area contributed by atoms with Gasteiger partial charge in [-0.15, -0.1) is 0 Å². The monoisotopic (exact) mass is 311 g/mol. The molecule has 1 aromatic carbocycles. The minimum atomic E-state index is -1.14. The first-order valence-electron chi connectivity index (χ1n) is 6.90. The van der Waals surface area contributed by atoms with Gasteiger partial charge < -0.3 is 15.5 Å². The Hall–Kier alpha value is -1.59. The number of nitrogens with one attached hydrogen (secondary N) is 1. The maximum absolute atomic E-state index is 12.5. The van der Waals surface area contributed by atoms with Crippen molar-refractivity contribution in [2.75, 3.05) is 6.61 Å². The molecule has 21 heavy (non-hydrogen) atoms. The molecule has 1 atom stereocenters. The van der Waals surface area contributed by atoms with E-state index in [4.69, 9.17) is 21.8 Å². The second-order valence-electron chi connectivity index (χ2n) is 5.32. The summed E-state index contributed by atoms with van der Waals surface area (Å²) in [6, 6.07) is 6.04. The van der Waals surface area contributed by atoms with Crippen LogP contribution in [0, 0.1) is 0 Å². The number of carbonyl (C=O) groups excluding carboxylic acids is 1. The molecule has 114 valence electrons. The largest absolute Gasteiger partial charge is 0.480 e. The molecule has 0 aromatic heterocycles. The predicted molar refractivity (Wildman–Crippen MR) is 78.3 cm³/mol. The average molecular weight is 312 g/mol. The summed E-state index contributed by atoms with van der Waals surface area (Å²) in [4.78, 5) is 23.7. The van der Waals surface area contributed by atoms with E-state index < -0.39 is 17.4 Å². The van der Waals surface area contributed by atoms with E-state index in [-0.39, 0.29) is 18.9 Å². The average Bonchev–Trinajstić information content (AvgIpc) is 2.37. The lowest BCUT2D eigenvalue weighted by molar-refractivity contribution is -0.144. The second-order valence-corrected chi connectivity index (χ2v) is 5.76. The number of rotatable bonds is 6. The van der Waals surface area contributed by atoms with Crippen LogP contribution in [0.15, 0.2) is 24.3 Å². The normalized spacial score (nSPS) is 17.6. The molecule has 1 aliphatic rings. The van der Waals surface area contributed by atoms with Gasteiger partial charge in [0.15, 0.2) is 0 Å². The summed E-state index contributed by atoms with van der Waals surface area (Å²) >= 11 is 5.98. The maximum Gasteiger partial charge on any atom is 0.326 e.